The summed E-state index contributed by atoms with van der Waals surface area (Å²) in [5, 5.41) is 0. The molecule has 0 N–H and O–H groups in total. The molecule has 0 radical (unpaired) electrons. The minimum Gasteiger partial charge on any atom is -0.463 e. The van der Waals surface area contributed by atoms with Crippen molar-refractivity contribution in [1.82, 2.24) is 4.90 Å². The third-order valence-electron chi connectivity index (χ3n) is 2.14. The van der Waals surface area contributed by atoms with E-state index >= 15 is 0 Å². The van der Waals surface area contributed by atoms with Gasteiger partial charge >= 0.3 is 18.0 Å². The Morgan fingerprint density at radius 1 is 1.11 bits per heavy atom. The fraction of sp³-hybridized carbons (Fsp3) is 0.583. The Morgan fingerprint density at radius 3 is 2.11 bits per heavy atom. The molecule has 0 saturated heterocycles. The lowest BCUT2D eigenvalue weighted by Gasteiger charge is -2.16. The zero-order valence-electron chi connectivity index (χ0n) is 11.2. The van der Waals surface area contributed by atoms with E-state index in [0.717, 1.165) is 6.08 Å². The Kier molecular flexibility index (Phi) is 7.42. The Bertz CT molecular complexity index is 344. The van der Waals surface area contributed by atoms with Crippen molar-refractivity contribution in [1.29, 1.82) is 0 Å². The molecular weight excluding hydrogens is 238 g/mol. The van der Waals surface area contributed by atoms with E-state index in [4.69, 9.17) is 0 Å². The van der Waals surface area contributed by atoms with Crippen molar-refractivity contribution in [3.8, 4) is 0 Å². The van der Waals surface area contributed by atoms with Crippen molar-refractivity contribution in [3.05, 3.63) is 11.6 Å². The number of hydrogen-bond donors (Lipinski definition) is 0. The van der Waals surface area contributed by atoms with Crippen LogP contribution in [0.1, 0.15) is 27.7 Å². The third kappa shape index (κ3) is 5.47. The summed E-state index contributed by atoms with van der Waals surface area (Å²) in [4.78, 5) is 35.4. The number of amides is 1. The Morgan fingerprint density at radius 2 is 1.67 bits per heavy atom. The van der Waals surface area contributed by atoms with Gasteiger partial charge in [0.05, 0.1) is 6.61 Å². The maximum absolute atomic E-state index is 11.5. The summed E-state index contributed by atoms with van der Waals surface area (Å²) < 4.78 is 9.25. The van der Waals surface area contributed by atoms with Crippen molar-refractivity contribution in [2.24, 2.45) is 0 Å². The first kappa shape index (κ1) is 16.1. The fourth-order valence-corrected chi connectivity index (χ4v) is 1.13. The first-order valence-corrected chi connectivity index (χ1v) is 5.82. The van der Waals surface area contributed by atoms with E-state index in [-0.39, 0.29) is 12.2 Å². The summed E-state index contributed by atoms with van der Waals surface area (Å²) in [5.41, 5.74) is 0.0222. The first-order chi connectivity index (χ1) is 8.46. The standard InChI is InChI=1S/C12H19NO5/c1-5-13(6-2)12(16)18-11(15)9(4)8-10(14)17-7-3/h8H,5-7H2,1-4H3/b9-8+. The average molecular weight is 257 g/mol. The summed E-state index contributed by atoms with van der Waals surface area (Å²) in [7, 11) is 0. The molecule has 0 aromatic carbocycles. The van der Waals surface area contributed by atoms with E-state index in [1.807, 2.05) is 0 Å². The molecule has 0 bridgehead atoms. The molecule has 0 unspecified atom stereocenters. The summed E-state index contributed by atoms with van der Waals surface area (Å²) in [6.07, 6.45) is 0.281. The van der Waals surface area contributed by atoms with Crippen LogP contribution in [0, 0.1) is 0 Å². The van der Waals surface area contributed by atoms with Crippen LogP contribution in [-0.4, -0.2) is 42.6 Å². The van der Waals surface area contributed by atoms with E-state index in [1.54, 1.807) is 20.8 Å². The molecule has 1 amide bonds. The second kappa shape index (κ2) is 8.27. The number of carbonyl (C=O) groups excluding carboxylic acids is 3. The number of esters is 2. The van der Waals surface area contributed by atoms with Crippen molar-refractivity contribution < 1.29 is 23.9 Å². The molecule has 0 heterocycles. The summed E-state index contributed by atoms with van der Waals surface area (Å²) >= 11 is 0. The first-order valence-electron chi connectivity index (χ1n) is 5.82. The molecular formula is C12H19NO5. The normalized spacial score (nSPS) is 10.8. The molecule has 0 rings (SSSR count). The van der Waals surface area contributed by atoms with Gasteiger partial charge in [-0.15, -0.1) is 0 Å². The quantitative estimate of drug-likeness (QED) is 0.424. The highest BCUT2D eigenvalue weighted by atomic mass is 16.6. The predicted octanol–water partition coefficient (Wildman–Crippen LogP) is 1.50. The minimum absolute atomic E-state index is 0.0222. The molecule has 0 aliphatic carbocycles. The van der Waals surface area contributed by atoms with Crippen molar-refractivity contribution in [3.63, 3.8) is 0 Å². The van der Waals surface area contributed by atoms with Crippen LogP contribution >= 0.6 is 0 Å². The van der Waals surface area contributed by atoms with Crippen LogP contribution < -0.4 is 0 Å². The largest absolute Gasteiger partial charge is 0.463 e. The maximum atomic E-state index is 11.5. The van der Waals surface area contributed by atoms with Gasteiger partial charge in [-0.25, -0.2) is 14.4 Å². The number of ether oxygens (including phenoxy) is 2. The van der Waals surface area contributed by atoms with Gasteiger partial charge in [0.2, 0.25) is 0 Å². The lowest BCUT2D eigenvalue weighted by Crippen LogP contribution is -2.33. The van der Waals surface area contributed by atoms with Gasteiger partial charge in [0.15, 0.2) is 0 Å². The van der Waals surface area contributed by atoms with Gasteiger partial charge in [-0.3, -0.25) is 0 Å². The van der Waals surface area contributed by atoms with Gasteiger partial charge in [-0.1, -0.05) is 0 Å². The Hall–Kier alpha value is -1.85. The molecule has 6 nitrogen and oxygen atoms in total. The highest BCUT2D eigenvalue weighted by Gasteiger charge is 2.17. The van der Waals surface area contributed by atoms with E-state index in [1.165, 1.54) is 11.8 Å². The summed E-state index contributed by atoms with van der Waals surface area (Å²) in [5.74, 6) is -1.48. The SMILES string of the molecule is CCOC(=O)/C=C(\C)C(=O)OC(=O)N(CC)CC. The molecule has 0 spiro atoms. The van der Waals surface area contributed by atoms with Crippen molar-refractivity contribution in [2.75, 3.05) is 19.7 Å². The molecule has 18 heavy (non-hydrogen) atoms. The highest BCUT2D eigenvalue weighted by molar-refractivity contribution is 5.99. The van der Waals surface area contributed by atoms with Gasteiger partial charge in [0, 0.05) is 24.7 Å². The zero-order valence-corrected chi connectivity index (χ0v) is 11.2. The maximum Gasteiger partial charge on any atom is 0.417 e. The molecule has 102 valence electrons. The molecule has 0 atom stereocenters. The average Bonchev–Trinajstić information content (AvgIpc) is 2.30. The van der Waals surface area contributed by atoms with Crippen molar-refractivity contribution >= 4 is 18.0 Å². The zero-order chi connectivity index (χ0) is 14.1. The Labute approximate surface area is 107 Å². The second-order valence-electron chi connectivity index (χ2n) is 3.41. The smallest absolute Gasteiger partial charge is 0.417 e. The van der Waals surface area contributed by atoms with Crippen molar-refractivity contribution in [2.45, 2.75) is 27.7 Å². The number of rotatable bonds is 5. The Balaban J connectivity index is 4.49. The lowest BCUT2D eigenvalue weighted by molar-refractivity contribution is -0.139. The van der Waals surface area contributed by atoms with Gasteiger partial charge in [-0.2, -0.15) is 0 Å². The van der Waals surface area contributed by atoms with Crippen LogP contribution in [0.3, 0.4) is 0 Å². The molecule has 0 aliphatic heterocycles. The lowest BCUT2D eigenvalue weighted by atomic mass is 10.3. The minimum atomic E-state index is -0.847. The molecule has 6 heteroatoms. The van der Waals surface area contributed by atoms with E-state index in [9.17, 15) is 14.4 Å². The van der Waals surface area contributed by atoms with Crippen LogP contribution in [0.2, 0.25) is 0 Å². The van der Waals surface area contributed by atoms with E-state index in [2.05, 4.69) is 9.47 Å². The van der Waals surface area contributed by atoms with Gasteiger partial charge < -0.3 is 14.4 Å². The van der Waals surface area contributed by atoms with Crippen LogP contribution in [0.5, 0.6) is 0 Å². The van der Waals surface area contributed by atoms with Gasteiger partial charge in [-0.05, 0) is 27.7 Å². The molecule has 0 saturated carbocycles. The van der Waals surface area contributed by atoms with Crippen LogP contribution in [0.25, 0.3) is 0 Å². The summed E-state index contributed by atoms with van der Waals surface area (Å²) in [6, 6.07) is 0. The molecule has 0 fully saturated rings. The van der Waals surface area contributed by atoms with E-state index in [0.29, 0.717) is 13.1 Å². The monoisotopic (exact) mass is 257 g/mol. The van der Waals surface area contributed by atoms with Gasteiger partial charge in [0.1, 0.15) is 0 Å². The summed E-state index contributed by atoms with van der Waals surface area (Å²) in [6.45, 7) is 7.70. The number of hydrogen-bond acceptors (Lipinski definition) is 5. The highest BCUT2D eigenvalue weighted by Crippen LogP contribution is 2.01. The van der Waals surface area contributed by atoms with Crippen LogP contribution in [0.15, 0.2) is 11.6 Å². The molecule has 0 aromatic heterocycles. The topological polar surface area (TPSA) is 72.9 Å². The van der Waals surface area contributed by atoms with Gasteiger partial charge in [0.25, 0.3) is 0 Å². The molecule has 0 aromatic rings. The number of carbonyl (C=O) groups is 3. The fourth-order valence-electron chi connectivity index (χ4n) is 1.13. The predicted molar refractivity (Wildman–Crippen MR) is 64.8 cm³/mol. The second-order valence-corrected chi connectivity index (χ2v) is 3.41. The van der Waals surface area contributed by atoms with Crippen LogP contribution in [-0.2, 0) is 19.1 Å². The third-order valence-corrected chi connectivity index (χ3v) is 2.14. The molecule has 0 aliphatic rings. The van der Waals surface area contributed by atoms with E-state index < -0.39 is 18.0 Å². The number of nitrogens with zero attached hydrogens (tertiary/aromatic N) is 1. The van der Waals surface area contributed by atoms with Crippen LogP contribution in [0.4, 0.5) is 4.79 Å².